The Morgan fingerprint density at radius 3 is 2.88 bits per heavy atom. The number of methoxy groups -OCH3 is 1. The first-order valence-electron chi connectivity index (χ1n) is 5.69. The molecule has 1 N–H and O–H groups in total. The number of esters is 1. The fourth-order valence-electron chi connectivity index (χ4n) is 1.93. The molecule has 2 unspecified atom stereocenters. The van der Waals surface area contributed by atoms with Crippen LogP contribution >= 0.6 is 0 Å². The van der Waals surface area contributed by atoms with E-state index in [2.05, 4.69) is 10.1 Å². The molecule has 0 aliphatic carbocycles. The van der Waals surface area contributed by atoms with Crippen molar-refractivity contribution in [3.8, 4) is 0 Å². The first-order chi connectivity index (χ1) is 7.58. The van der Waals surface area contributed by atoms with Crippen molar-refractivity contribution in [2.75, 3.05) is 20.2 Å². The normalized spacial score (nSPS) is 27.1. The number of carbonyl (C=O) groups is 2. The molecule has 0 saturated carbocycles. The number of carbonyl (C=O) groups excluding carboxylic acids is 2. The number of nitrogens with one attached hydrogen (secondary N) is 1. The van der Waals surface area contributed by atoms with Crippen LogP contribution in [-0.2, 0) is 14.3 Å². The molecule has 1 aliphatic rings. The van der Waals surface area contributed by atoms with Crippen LogP contribution in [-0.4, -0.2) is 49.1 Å². The van der Waals surface area contributed by atoms with Crippen LogP contribution in [0.3, 0.4) is 0 Å². The number of amides is 1. The molecule has 0 radical (unpaired) electrons. The summed E-state index contributed by atoms with van der Waals surface area (Å²) in [5.41, 5.74) is 0. The largest absolute Gasteiger partial charge is 0.469 e. The minimum absolute atomic E-state index is 0.0720. The van der Waals surface area contributed by atoms with Crippen molar-refractivity contribution < 1.29 is 14.3 Å². The lowest BCUT2D eigenvalue weighted by Crippen LogP contribution is -2.46. The van der Waals surface area contributed by atoms with Crippen molar-refractivity contribution in [2.24, 2.45) is 0 Å². The van der Waals surface area contributed by atoms with Crippen LogP contribution in [0.5, 0.6) is 0 Å². The van der Waals surface area contributed by atoms with E-state index in [1.165, 1.54) is 7.11 Å². The Kier molecular flexibility index (Phi) is 4.73. The van der Waals surface area contributed by atoms with E-state index >= 15 is 0 Å². The average Bonchev–Trinajstić information content (AvgIpc) is 2.39. The number of rotatable bonds is 3. The summed E-state index contributed by atoms with van der Waals surface area (Å²) in [6.07, 6.45) is 1.04. The summed E-state index contributed by atoms with van der Waals surface area (Å²) >= 11 is 0. The van der Waals surface area contributed by atoms with Crippen LogP contribution in [0.1, 0.15) is 26.7 Å². The van der Waals surface area contributed by atoms with Gasteiger partial charge < -0.3 is 10.1 Å². The lowest BCUT2D eigenvalue weighted by atomic mass is 10.1. The molecule has 5 nitrogen and oxygen atoms in total. The summed E-state index contributed by atoms with van der Waals surface area (Å²) in [6, 6.07) is -0.216. The van der Waals surface area contributed by atoms with Gasteiger partial charge in [0.15, 0.2) is 0 Å². The van der Waals surface area contributed by atoms with Crippen molar-refractivity contribution in [1.82, 2.24) is 10.2 Å². The quantitative estimate of drug-likeness (QED) is 0.698. The highest BCUT2D eigenvalue weighted by molar-refractivity contribution is 5.87. The maximum atomic E-state index is 11.9. The van der Waals surface area contributed by atoms with Gasteiger partial charge >= 0.3 is 5.97 Å². The maximum Gasteiger partial charge on any atom is 0.307 e. The first-order valence-corrected chi connectivity index (χ1v) is 5.69. The SMILES string of the molecule is CCN1CCC(C)NC(=O)C1CC(=O)OC. The smallest absolute Gasteiger partial charge is 0.307 e. The summed E-state index contributed by atoms with van der Waals surface area (Å²) in [6.45, 7) is 5.57. The molecular weight excluding hydrogens is 208 g/mol. The molecule has 1 rings (SSSR count). The molecule has 1 fully saturated rings. The standard InChI is InChI=1S/C11H20N2O3/c1-4-13-6-5-8(2)12-11(15)9(13)7-10(14)16-3/h8-9H,4-7H2,1-3H3,(H,12,15). The van der Waals surface area contributed by atoms with Gasteiger partial charge in [-0.15, -0.1) is 0 Å². The van der Waals surface area contributed by atoms with Gasteiger partial charge in [-0.3, -0.25) is 14.5 Å². The highest BCUT2D eigenvalue weighted by atomic mass is 16.5. The fourth-order valence-corrected chi connectivity index (χ4v) is 1.93. The zero-order valence-electron chi connectivity index (χ0n) is 10.2. The van der Waals surface area contributed by atoms with Crippen LogP contribution in [0.4, 0.5) is 0 Å². The molecule has 0 aromatic rings. The Labute approximate surface area is 96.1 Å². The molecule has 0 spiro atoms. The molecule has 1 amide bonds. The molecule has 16 heavy (non-hydrogen) atoms. The highest BCUT2D eigenvalue weighted by Gasteiger charge is 2.31. The summed E-state index contributed by atoms with van der Waals surface area (Å²) in [5, 5.41) is 2.90. The number of hydrogen-bond donors (Lipinski definition) is 1. The summed E-state index contributed by atoms with van der Waals surface area (Å²) in [4.78, 5) is 25.2. The molecule has 92 valence electrons. The fraction of sp³-hybridized carbons (Fsp3) is 0.818. The number of nitrogens with zero attached hydrogens (tertiary/aromatic N) is 1. The van der Waals surface area contributed by atoms with E-state index in [0.29, 0.717) is 0 Å². The Morgan fingerprint density at radius 1 is 1.62 bits per heavy atom. The summed E-state index contributed by atoms with van der Waals surface area (Å²) < 4.78 is 4.62. The second kappa shape index (κ2) is 5.84. The third-order valence-electron chi connectivity index (χ3n) is 2.98. The number of likely N-dealkylation sites (N-methyl/N-ethyl adjacent to an activating group) is 1. The van der Waals surface area contributed by atoms with Gasteiger partial charge in [0.2, 0.25) is 5.91 Å². The van der Waals surface area contributed by atoms with Crippen molar-refractivity contribution in [1.29, 1.82) is 0 Å². The molecule has 0 bridgehead atoms. The molecule has 0 aromatic carbocycles. The zero-order valence-corrected chi connectivity index (χ0v) is 10.2. The van der Waals surface area contributed by atoms with Crippen LogP contribution in [0.15, 0.2) is 0 Å². The predicted molar refractivity (Wildman–Crippen MR) is 59.9 cm³/mol. The van der Waals surface area contributed by atoms with Gasteiger partial charge in [0.1, 0.15) is 0 Å². The van der Waals surface area contributed by atoms with Crippen LogP contribution in [0.25, 0.3) is 0 Å². The number of hydrogen-bond acceptors (Lipinski definition) is 4. The van der Waals surface area contributed by atoms with Gasteiger partial charge in [-0.05, 0) is 19.9 Å². The molecule has 1 heterocycles. The van der Waals surface area contributed by atoms with Gasteiger partial charge in [-0.1, -0.05) is 6.92 Å². The lowest BCUT2D eigenvalue weighted by molar-refractivity contribution is -0.144. The number of ether oxygens (including phenoxy) is 1. The molecule has 1 aliphatic heterocycles. The molecule has 1 saturated heterocycles. The molecule has 0 aromatic heterocycles. The third kappa shape index (κ3) is 3.20. The second-order valence-electron chi connectivity index (χ2n) is 4.12. The average molecular weight is 228 g/mol. The van der Waals surface area contributed by atoms with E-state index in [-0.39, 0.29) is 30.4 Å². The van der Waals surface area contributed by atoms with Gasteiger partial charge in [-0.25, -0.2) is 0 Å². The maximum absolute atomic E-state index is 11.9. The van der Waals surface area contributed by atoms with Crippen molar-refractivity contribution in [2.45, 2.75) is 38.8 Å². The third-order valence-corrected chi connectivity index (χ3v) is 2.98. The summed E-state index contributed by atoms with van der Waals surface area (Å²) in [7, 11) is 1.34. The van der Waals surface area contributed by atoms with E-state index in [9.17, 15) is 9.59 Å². The second-order valence-corrected chi connectivity index (χ2v) is 4.12. The Morgan fingerprint density at radius 2 is 2.31 bits per heavy atom. The van der Waals surface area contributed by atoms with Crippen molar-refractivity contribution in [3.63, 3.8) is 0 Å². The topological polar surface area (TPSA) is 58.6 Å². The van der Waals surface area contributed by atoms with E-state index in [1.807, 2.05) is 18.7 Å². The van der Waals surface area contributed by atoms with Gasteiger partial charge in [0, 0.05) is 12.6 Å². The Balaban J connectivity index is 2.73. The van der Waals surface area contributed by atoms with E-state index in [1.54, 1.807) is 0 Å². The van der Waals surface area contributed by atoms with Gasteiger partial charge in [0.25, 0.3) is 0 Å². The van der Waals surface area contributed by atoms with E-state index in [0.717, 1.165) is 19.5 Å². The van der Waals surface area contributed by atoms with Crippen molar-refractivity contribution in [3.05, 3.63) is 0 Å². The highest BCUT2D eigenvalue weighted by Crippen LogP contribution is 2.12. The van der Waals surface area contributed by atoms with Crippen LogP contribution < -0.4 is 5.32 Å². The van der Waals surface area contributed by atoms with Gasteiger partial charge in [-0.2, -0.15) is 0 Å². The van der Waals surface area contributed by atoms with E-state index in [4.69, 9.17) is 0 Å². The zero-order chi connectivity index (χ0) is 12.1. The predicted octanol–water partition coefficient (Wildman–Crippen LogP) is 0.148. The minimum Gasteiger partial charge on any atom is -0.469 e. The van der Waals surface area contributed by atoms with E-state index < -0.39 is 0 Å². The molecule has 5 heteroatoms. The monoisotopic (exact) mass is 228 g/mol. The van der Waals surface area contributed by atoms with Crippen LogP contribution in [0, 0.1) is 0 Å². The molecular formula is C11H20N2O3. The molecule has 2 atom stereocenters. The van der Waals surface area contributed by atoms with Crippen molar-refractivity contribution >= 4 is 11.9 Å². The van der Waals surface area contributed by atoms with Crippen LogP contribution in [0.2, 0.25) is 0 Å². The Hall–Kier alpha value is -1.10. The van der Waals surface area contributed by atoms with Gasteiger partial charge in [0.05, 0.1) is 19.6 Å². The Bertz CT molecular complexity index is 268. The first kappa shape index (κ1) is 13.0. The lowest BCUT2D eigenvalue weighted by Gasteiger charge is -2.25. The summed E-state index contributed by atoms with van der Waals surface area (Å²) in [5.74, 6) is -0.412. The minimum atomic E-state index is -0.387.